The van der Waals surface area contributed by atoms with E-state index >= 15 is 0 Å². The van der Waals surface area contributed by atoms with Crippen LogP contribution in [0.1, 0.15) is 45.1 Å². The van der Waals surface area contributed by atoms with Gasteiger partial charge in [-0.3, -0.25) is 9.59 Å². The van der Waals surface area contributed by atoms with Crippen molar-refractivity contribution in [1.82, 2.24) is 4.90 Å². The summed E-state index contributed by atoms with van der Waals surface area (Å²) in [7, 11) is 3.70. The summed E-state index contributed by atoms with van der Waals surface area (Å²) in [6.45, 7) is 4.96. The van der Waals surface area contributed by atoms with Crippen LogP contribution in [0.25, 0.3) is 0 Å². The molecule has 1 aromatic carbocycles. The van der Waals surface area contributed by atoms with E-state index in [1.165, 1.54) is 12.0 Å². The monoisotopic (exact) mass is 304 g/mol. The average Bonchev–Trinajstić information content (AvgIpc) is 2.57. The van der Waals surface area contributed by atoms with E-state index in [9.17, 15) is 9.59 Å². The molecular weight excluding hydrogens is 276 g/mol. The summed E-state index contributed by atoms with van der Waals surface area (Å²) in [5, 5.41) is 0. The first-order chi connectivity index (χ1) is 10.6. The summed E-state index contributed by atoms with van der Waals surface area (Å²) in [4.78, 5) is 25.5. The number of nitrogens with zero attached hydrogens (tertiary/aromatic N) is 2. The van der Waals surface area contributed by atoms with Crippen LogP contribution >= 0.6 is 0 Å². The zero-order valence-electron chi connectivity index (χ0n) is 14.3. The number of rotatable bonds is 0. The molecule has 2 aliphatic heterocycles. The zero-order valence-corrected chi connectivity index (χ0v) is 14.3. The van der Waals surface area contributed by atoms with Gasteiger partial charge in [-0.15, -0.1) is 0 Å². The number of carbonyl (C=O) groups is 2. The average molecular weight is 304 g/mol. The second-order valence-corrected chi connectivity index (χ2v) is 5.35. The maximum atomic E-state index is 11.3. The van der Waals surface area contributed by atoms with E-state index in [0.29, 0.717) is 12.3 Å². The number of likely N-dealkylation sites (tertiary alicyclic amines) is 1. The van der Waals surface area contributed by atoms with Crippen LogP contribution in [-0.4, -0.2) is 37.4 Å². The van der Waals surface area contributed by atoms with Gasteiger partial charge in [0.1, 0.15) is 0 Å². The minimum absolute atomic E-state index is 0.216. The molecule has 122 valence electrons. The van der Waals surface area contributed by atoms with Gasteiger partial charge in [0, 0.05) is 39.2 Å². The number of benzene rings is 1. The molecule has 3 rings (SSSR count). The van der Waals surface area contributed by atoms with Gasteiger partial charge in [0.15, 0.2) is 0 Å². The number of para-hydroxylation sites is 1. The molecular formula is C18H28N2O2. The molecule has 0 N–H and O–H groups in total. The van der Waals surface area contributed by atoms with E-state index in [-0.39, 0.29) is 5.91 Å². The lowest BCUT2D eigenvalue weighted by atomic mass is 10.0. The van der Waals surface area contributed by atoms with Gasteiger partial charge < -0.3 is 9.80 Å². The van der Waals surface area contributed by atoms with Crippen molar-refractivity contribution in [2.24, 2.45) is 0 Å². The Balaban J connectivity index is 0.000000211. The van der Waals surface area contributed by atoms with Gasteiger partial charge in [-0.2, -0.15) is 0 Å². The Hall–Kier alpha value is -1.84. The first-order valence-corrected chi connectivity index (χ1v) is 8.18. The molecule has 4 heteroatoms. The smallest absolute Gasteiger partial charge is 0.227 e. The first kappa shape index (κ1) is 18.2. The van der Waals surface area contributed by atoms with Crippen LogP contribution in [0.5, 0.6) is 0 Å². The third kappa shape index (κ3) is 4.86. The molecule has 2 heterocycles. The van der Waals surface area contributed by atoms with Crippen molar-refractivity contribution >= 4 is 17.5 Å². The highest BCUT2D eigenvalue weighted by Gasteiger charge is 2.19. The zero-order chi connectivity index (χ0) is 16.5. The van der Waals surface area contributed by atoms with Crippen molar-refractivity contribution in [1.29, 1.82) is 0 Å². The normalized spacial score (nSPS) is 16.9. The maximum Gasteiger partial charge on any atom is 0.227 e. The van der Waals surface area contributed by atoms with Gasteiger partial charge in [-0.25, -0.2) is 0 Å². The molecule has 0 aliphatic carbocycles. The first-order valence-electron chi connectivity index (χ1n) is 8.18. The molecule has 1 fully saturated rings. The molecule has 0 aromatic heterocycles. The number of piperidine rings is 1. The van der Waals surface area contributed by atoms with E-state index in [0.717, 1.165) is 31.5 Å². The molecule has 2 amide bonds. The molecule has 0 unspecified atom stereocenters. The Morgan fingerprint density at radius 3 is 2.14 bits per heavy atom. The number of fused-ring (bicyclic) bond motifs is 1. The Morgan fingerprint density at radius 1 is 0.864 bits per heavy atom. The molecule has 2 aliphatic rings. The van der Waals surface area contributed by atoms with Gasteiger partial charge >= 0.3 is 0 Å². The predicted molar refractivity (Wildman–Crippen MR) is 91.0 cm³/mol. The summed E-state index contributed by atoms with van der Waals surface area (Å²) in [5.74, 6) is 0.518. The van der Waals surface area contributed by atoms with Crippen molar-refractivity contribution in [2.45, 2.75) is 46.0 Å². The molecule has 0 atom stereocenters. The van der Waals surface area contributed by atoms with E-state index in [1.807, 2.05) is 46.1 Å². The molecule has 4 nitrogen and oxygen atoms in total. The third-order valence-electron chi connectivity index (χ3n) is 3.90. The maximum absolute atomic E-state index is 11.3. The topological polar surface area (TPSA) is 40.6 Å². The van der Waals surface area contributed by atoms with Crippen LogP contribution in [-0.2, 0) is 16.0 Å². The van der Waals surface area contributed by atoms with Gasteiger partial charge in [0.05, 0.1) is 0 Å². The van der Waals surface area contributed by atoms with Gasteiger partial charge in [0.2, 0.25) is 11.8 Å². The van der Waals surface area contributed by atoms with Crippen molar-refractivity contribution in [3.05, 3.63) is 29.8 Å². The Kier molecular flexibility index (Phi) is 7.64. The Labute approximate surface area is 134 Å². The van der Waals surface area contributed by atoms with Crippen molar-refractivity contribution in [3.8, 4) is 0 Å². The van der Waals surface area contributed by atoms with Crippen LogP contribution in [0.4, 0.5) is 5.69 Å². The molecule has 1 aromatic rings. The fraction of sp³-hybridized carbons (Fsp3) is 0.556. The number of amides is 2. The van der Waals surface area contributed by atoms with E-state index in [4.69, 9.17) is 0 Å². The fourth-order valence-corrected chi connectivity index (χ4v) is 2.53. The highest BCUT2D eigenvalue weighted by molar-refractivity contribution is 5.95. The third-order valence-corrected chi connectivity index (χ3v) is 3.90. The van der Waals surface area contributed by atoms with Crippen LogP contribution in [0, 0.1) is 0 Å². The van der Waals surface area contributed by atoms with Crippen molar-refractivity contribution in [3.63, 3.8) is 0 Å². The highest BCUT2D eigenvalue weighted by Crippen LogP contribution is 2.25. The molecule has 0 saturated carbocycles. The van der Waals surface area contributed by atoms with Crippen molar-refractivity contribution < 1.29 is 9.59 Å². The number of carbonyl (C=O) groups excluding carboxylic acids is 2. The van der Waals surface area contributed by atoms with Crippen LogP contribution in [0.2, 0.25) is 0 Å². The molecule has 0 bridgehead atoms. The summed E-state index contributed by atoms with van der Waals surface area (Å²) in [5.41, 5.74) is 2.34. The lowest BCUT2D eigenvalue weighted by Gasteiger charge is -2.25. The molecule has 0 spiro atoms. The number of anilines is 1. The van der Waals surface area contributed by atoms with E-state index < -0.39 is 0 Å². The standard InChI is InChI=1S/C10H11NO.C6H11NO.C2H6/c1-11-9-5-3-2-4-8(9)6-7-10(11)12;1-7-5-3-2-4-6(7)8;1-2/h2-5H,6-7H2,1H3;2-5H2,1H3;1-2H3. The summed E-state index contributed by atoms with van der Waals surface area (Å²) < 4.78 is 0. The number of hydrogen-bond acceptors (Lipinski definition) is 2. The molecule has 1 saturated heterocycles. The minimum atomic E-state index is 0.216. The van der Waals surface area contributed by atoms with Crippen LogP contribution in [0.15, 0.2) is 24.3 Å². The Morgan fingerprint density at radius 2 is 1.55 bits per heavy atom. The fourth-order valence-electron chi connectivity index (χ4n) is 2.53. The number of aryl methyl sites for hydroxylation is 1. The van der Waals surface area contributed by atoms with Gasteiger partial charge in [0.25, 0.3) is 0 Å². The van der Waals surface area contributed by atoms with Crippen molar-refractivity contribution in [2.75, 3.05) is 25.5 Å². The molecule has 0 radical (unpaired) electrons. The summed E-state index contributed by atoms with van der Waals surface area (Å²) >= 11 is 0. The van der Waals surface area contributed by atoms with Crippen LogP contribution < -0.4 is 4.90 Å². The molecule has 22 heavy (non-hydrogen) atoms. The lowest BCUT2D eigenvalue weighted by Crippen LogP contribution is -2.31. The predicted octanol–water partition coefficient (Wildman–Crippen LogP) is 3.25. The van der Waals surface area contributed by atoms with E-state index in [2.05, 4.69) is 6.07 Å². The second-order valence-electron chi connectivity index (χ2n) is 5.35. The lowest BCUT2D eigenvalue weighted by molar-refractivity contribution is -0.131. The Bertz CT molecular complexity index is 500. The largest absolute Gasteiger partial charge is 0.346 e. The SMILES string of the molecule is CC.CN1C(=O)CCc2ccccc21.CN1CCCCC1=O. The van der Waals surface area contributed by atoms with E-state index in [1.54, 1.807) is 9.80 Å². The van der Waals surface area contributed by atoms with Gasteiger partial charge in [-0.1, -0.05) is 32.0 Å². The summed E-state index contributed by atoms with van der Waals surface area (Å²) in [6, 6.07) is 8.06. The second kappa shape index (κ2) is 9.23. The highest BCUT2D eigenvalue weighted by atomic mass is 16.2. The van der Waals surface area contributed by atoms with Crippen LogP contribution in [0.3, 0.4) is 0 Å². The van der Waals surface area contributed by atoms with Gasteiger partial charge in [-0.05, 0) is 30.9 Å². The quantitative estimate of drug-likeness (QED) is 0.738. The number of hydrogen-bond donors (Lipinski definition) is 0. The minimum Gasteiger partial charge on any atom is -0.346 e. The summed E-state index contributed by atoms with van der Waals surface area (Å²) in [6.07, 6.45) is 4.56.